The van der Waals surface area contributed by atoms with E-state index in [4.69, 9.17) is 9.47 Å². The molecule has 2 rings (SSSR count). The van der Waals surface area contributed by atoms with Crippen LogP contribution < -0.4 is 9.47 Å². The molecule has 0 atom stereocenters. The lowest BCUT2D eigenvalue weighted by Gasteiger charge is -2.21. The molecule has 0 N–H and O–H groups in total. The Morgan fingerprint density at radius 1 is 1.40 bits per heavy atom. The standard InChI is InChI=1S/C11H11NO3/c1-8-4-9(6-12-7-13)11-10(5-8)14-2-3-15-11/h4-5H,2-3,6H2,1H3. The number of carbonyl (C=O) groups excluding carboxylic acids is 1. The highest BCUT2D eigenvalue weighted by Crippen LogP contribution is 2.35. The summed E-state index contributed by atoms with van der Waals surface area (Å²) in [5.41, 5.74) is 1.93. The Hall–Kier alpha value is -1.80. The van der Waals surface area contributed by atoms with Gasteiger partial charge in [0, 0.05) is 5.56 Å². The molecule has 0 aliphatic carbocycles. The molecule has 0 saturated carbocycles. The third kappa shape index (κ3) is 2.00. The summed E-state index contributed by atoms with van der Waals surface area (Å²) in [6, 6.07) is 3.86. The molecule has 1 aliphatic rings. The van der Waals surface area contributed by atoms with Gasteiger partial charge in [-0.1, -0.05) is 6.07 Å². The van der Waals surface area contributed by atoms with E-state index in [1.807, 2.05) is 19.1 Å². The molecule has 78 valence electrons. The van der Waals surface area contributed by atoms with Crippen LogP contribution in [0.2, 0.25) is 0 Å². The van der Waals surface area contributed by atoms with E-state index in [2.05, 4.69) is 4.99 Å². The van der Waals surface area contributed by atoms with Crippen molar-refractivity contribution in [1.29, 1.82) is 0 Å². The van der Waals surface area contributed by atoms with Crippen molar-refractivity contribution in [3.63, 3.8) is 0 Å². The summed E-state index contributed by atoms with van der Waals surface area (Å²) in [6.45, 7) is 3.35. The second-order valence-electron chi connectivity index (χ2n) is 3.36. The van der Waals surface area contributed by atoms with Gasteiger partial charge in [0.2, 0.25) is 6.08 Å². The molecule has 0 fully saturated rings. The Balaban J connectivity index is 2.42. The van der Waals surface area contributed by atoms with Crippen molar-refractivity contribution in [2.75, 3.05) is 13.2 Å². The fourth-order valence-corrected chi connectivity index (χ4v) is 1.61. The summed E-state index contributed by atoms with van der Waals surface area (Å²) >= 11 is 0. The van der Waals surface area contributed by atoms with Gasteiger partial charge < -0.3 is 9.47 Å². The van der Waals surface area contributed by atoms with Gasteiger partial charge in [0.25, 0.3) is 0 Å². The van der Waals surface area contributed by atoms with Crippen LogP contribution in [0, 0.1) is 6.92 Å². The maximum atomic E-state index is 10.1. The van der Waals surface area contributed by atoms with E-state index in [1.54, 1.807) is 0 Å². The number of hydrogen-bond donors (Lipinski definition) is 0. The van der Waals surface area contributed by atoms with Gasteiger partial charge >= 0.3 is 0 Å². The first kappa shape index (κ1) is 9.74. The van der Waals surface area contributed by atoms with E-state index in [0.29, 0.717) is 19.0 Å². The van der Waals surface area contributed by atoms with E-state index < -0.39 is 0 Å². The molecule has 0 saturated heterocycles. The van der Waals surface area contributed by atoms with Crippen LogP contribution in [0.4, 0.5) is 0 Å². The lowest BCUT2D eigenvalue weighted by atomic mass is 10.1. The third-order valence-electron chi connectivity index (χ3n) is 2.18. The Bertz CT molecular complexity index is 422. The van der Waals surface area contributed by atoms with Crippen LogP contribution >= 0.6 is 0 Å². The van der Waals surface area contributed by atoms with Crippen molar-refractivity contribution >= 4 is 6.08 Å². The van der Waals surface area contributed by atoms with Crippen LogP contribution in [0.1, 0.15) is 11.1 Å². The summed E-state index contributed by atoms with van der Waals surface area (Å²) in [4.78, 5) is 13.6. The highest BCUT2D eigenvalue weighted by Gasteiger charge is 2.16. The van der Waals surface area contributed by atoms with E-state index in [9.17, 15) is 4.79 Å². The van der Waals surface area contributed by atoms with E-state index in [0.717, 1.165) is 16.9 Å². The van der Waals surface area contributed by atoms with Gasteiger partial charge in [0.15, 0.2) is 11.5 Å². The van der Waals surface area contributed by atoms with Gasteiger partial charge in [-0.15, -0.1) is 0 Å². The minimum absolute atomic E-state index is 0.289. The summed E-state index contributed by atoms with van der Waals surface area (Å²) in [7, 11) is 0. The number of ether oxygens (including phenoxy) is 2. The number of aryl methyl sites for hydroxylation is 1. The zero-order chi connectivity index (χ0) is 10.7. The first-order valence-electron chi connectivity index (χ1n) is 4.74. The second-order valence-corrected chi connectivity index (χ2v) is 3.36. The number of nitrogens with zero attached hydrogens (tertiary/aromatic N) is 1. The summed E-state index contributed by atoms with van der Waals surface area (Å²) < 4.78 is 11.0. The maximum absolute atomic E-state index is 10.1. The molecule has 1 aromatic rings. The maximum Gasteiger partial charge on any atom is 0.235 e. The summed E-state index contributed by atoms with van der Waals surface area (Å²) in [6.07, 6.45) is 1.52. The predicted octanol–water partition coefficient (Wildman–Crippen LogP) is 1.60. The van der Waals surface area contributed by atoms with Crippen LogP contribution in [-0.2, 0) is 11.3 Å². The van der Waals surface area contributed by atoms with E-state index in [1.165, 1.54) is 6.08 Å². The fraction of sp³-hybridized carbons (Fsp3) is 0.364. The minimum Gasteiger partial charge on any atom is -0.486 e. The van der Waals surface area contributed by atoms with Gasteiger partial charge in [0.05, 0.1) is 6.54 Å². The quantitative estimate of drug-likeness (QED) is 0.544. The lowest BCUT2D eigenvalue weighted by molar-refractivity contribution is 0.170. The fourth-order valence-electron chi connectivity index (χ4n) is 1.61. The molecule has 15 heavy (non-hydrogen) atoms. The number of aliphatic imine (C=N–C) groups is 1. The average molecular weight is 205 g/mol. The van der Waals surface area contributed by atoms with E-state index in [-0.39, 0.29) is 6.54 Å². The normalized spacial score (nSPS) is 13.1. The number of fused-ring (bicyclic) bond motifs is 1. The van der Waals surface area contributed by atoms with Crippen LogP contribution in [0.25, 0.3) is 0 Å². The number of benzene rings is 1. The first-order chi connectivity index (χ1) is 7.31. The van der Waals surface area contributed by atoms with Crippen molar-refractivity contribution in [2.45, 2.75) is 13.5 Å². The van der Waals surface area contributed by atoms with Crippen molar-refractivity contribution in [1.82, 2.24) is 0 Å². The van der Waals surface area contributed by atoms with Crippen LogP contribution in [0.15, 0.2) is 17.1 Å². The lowest BCUT2D eigenvalue weighted by Crippen LogP contribution is -2.16. The monoisotopic (exact) mass is 205 g/mol. The minimum atomic E-state index is 0.289. The Morgan fingerprint density at radius 2 is 2.20 bits per heavy atom. The van der Waals surface area contributed by atoms with Crippen molar-refractivity contribution in [3.8, 4) is 11.5 Å². The highest BCUT2D eigenvalue weighted by molar-refractivity contribution is 5.50. The first-order valence-corrected chi connectivity index (χ1v) is 4.74. The van der Waals surface area contributed by atoms with E-state index >= 15 is 0 Å². The Kier molecular flexibility index (Phi) is 2.70. The molecule has 1 aliphatic heterocycles. The molecular formula is C11H11NO3. The van der Waals surface area contributed by atoms with Crippen LogP contribution in [-0.4, -0.2) is 19.3 Å². The third-order valence-corrected chi connectivity index (χ3v) is 2.18. The highest BCUT2D eigenvalue weighted by atomic mass is 16.6. The average Bonchev–Trinajstić information content (AvgIpc) is 2.25. The van der Waals surface area contributed by atoms with Crippen molar-refractivity contribution in [3.05, 3.63) is 23.3 Å². The molecule has 0 radical (unpaired) electrons. The Labute approximate surface area is 87.5 Å². The smallest absolute Gasteiger partial charge is 0.235 e. The summed E-state index contributed by atoms with van der Waals surface area (Å²) in [5, 5.41) is 0. The molecule has 0 unspecified atom stereocenters. The molecule has 0 amide bonds. The second kappa shape index (κ2) is 4.15. The van der Waals surface area contributed by atoms with Gasteiger partial charge in [-0.25, -0.2) is 9.79 Å². The number of hydrogen-bond acceptors (Lipinski definition) is 4. The molecule has 0 spiro atoms. The van der Waals surface area contributed by atoms with Crippen molar-refractivity contribution < 1.29 is 14.3 Å². The molecule has 4 heteroatoms. The van der Waals surface area contributed by atoms with Gasteiger partial charge in [0.1, 0.15) is 13.2 Å². The molecule has 0 aromatic heterocycles. The Morgan fingerprint density at radius 3 is 3.00 bits per heavy atom. The molecule has 0 bridgehead atoms. The topological polar surface area (TPSA) is 47.9 Å². The van der Waals surface area contributed by atoms with Crippen LogP contribution in [0.3, 0.4) is 0 Å². The largest absolute Gasteiger partial charge is 0.486 e. The zero-order valence-corrected chi connectivity index (χ0v) is 8.45. The SMILES string of the molecule is Cc1cc(CN=C=O)c2c(c1)OCCO2. The predicted molar refractivity (Wildman–Crippen MR) is 54.0 cm³/mol. The molecular weight excluding hydrogens is 194 g/mol. The van der Waals surface area contributed by atoms with Crippen molar-refractivity contribution in [2.24, 2.45) is 4.99 Å². The van der Waals surface area contributed by atoms with Gasteiger partial charge in [-0.2, -0.15) is 0 Å². The molecule has 1 heterocycles. The molecule has 4 nitrogen and oxygen atoms in total. The van der Waals surface area contributed by atoms with Gasteiger partial charge in [-0.3, -0.25) is 0 Å². The zero-order valence-electron chi connectivity index (χ0n) is 8.45. The number of rotatable bonds is 2. The van der Waals surface area contributed by atoms with Crippen LogP contribution in [0.5, 0.6) is 11.5 Å². The van der Waals surface area contributed by atoms with Gasteiger partial charge in [-0.05, 0) is 18.6 Å². The number of isocyanates is 1. The molecule has 1 aromatic carbocycles. The summed E-state index contributed by atoms with van der Waals surface area (Å²) in [5.74, 6) is 1.43.